The highest BCUT2D eigenvalue weighted by atomic mass is 32.1. The van der Waals surface area contributed by atoms with Crippen LogP contribution in [0.3, 0.4) is 0 Å². The summed E-state index contributed by atoms with van der Waals surface area (Å²) in [4.78, 5) is 29.6. The van der Waals surface area contributed by atoms with E-state index < -0.39 is 0 Å². The first-order valence-corrected chi connectivity index (χ1v) is 10.1. The first-order chi connectivity index (χ1) is 14.0. The minimum atomic E-state index is -0.277. The zero-order chi connectivity index (χ0) is 20.4. The van der Waals surface area contributed by atoms with E-state index >= 15 is 0 Å². The molecule has 6 nitrogen and oxygen atoms in total. The summed E-state index contributed by atoms with van der Waals surface area (Å²) in [6.45, 7) is 3.98. The SMILES string of the molecule is CCc1ccc(NC(=O)Cn2cnc3c(-c4cccc(C)c4)nsc3c2=O)cc1. The number of anilines is 1. The summed E-state index contributed by atoms with van der Waals surface area (Å²) in [6, 6.07) is 15.6. The molecular weight excluding hydrogens is 384 g/mol. The quantitative estimate of drug-likeness (QED) is 0.545. The lowest BCUT2D eigenvalue weighted by molar-refractivity contribution is -0.116. The van der Waals surface area contributed by atoms with Crippen LogP contribution in [-0.2, 0) is 17.8 Å². The molecule has 0 saturated heterocycles. The van der Waals surface area contributed by atoms with E-state index in [1.54, 1.807) is 0 Å². The number of amides is 1. The summed E-state index contributed by atoms with van der Waals surface area (Å²) in [5, 5.41) is 2.82. The highest BCUT2D eigenvalue weighted by Crippen LogP contribution is 2.27. The number of rotatable bonds is 5. The summed E-state index contributed by atoms with van der Waals surface area (Å²) >= 11 is 1.11. The molecule has 0 aliphatic rings. The second-order valence-corrected chi connectivity index (χ2v) is 7.63. The fraction of sp³-hybridized carbons (Fsp3) is 0.182. The predicted octanol–water partition coefficient (Wildman–Crippen LogP) is 4.03. The summed E-state index contributed by atoms with van der Waals surface area (Å²) in [5.74, 6) is -0.277. The number of aryl methyl sites for hydroxylation is 2. The number of nitrogens with one attached hydrogen (secondary N) is 1. The molecule has 2 aromatic carbocycles. The summed E-state index contributed by atoms with van der Waals surface area (Å²) in [7, 11) is 0. The Balaban J connectivity index is 1.58. The highest BCUT2D eigenvalue weighted by molar-refractivity contribution is 7.13. The van der Waals surface area contributed by atoms with Crippen molar-refractivity contribution in [3.8, 4) is 11.3 Å². The second-order valence-electron chi connectivity index (χ2n) is 6.85. The first-order valence-electron chi connectivity index (χ1n) is 9.36. The van der Waals surface area contributed by atoms with Gasteiger partial charge >= 0.3 is 0 Å². The molecule has 2 heterocycles. The maximum atomic E-state index is 12.8. The molecule has 0 unspecified atom stereocenters. The fourth-order valence-electron chi connectivity index (χ4n) is 3.13. The van der Waals surface area contributed by atoms with Crippen LogP contribution in [0.1, 0.15) is 18.1 Å². The number of fused-ring (bicyclic) bond motifs is 1. The molecule has 146 valence electrons. The number of carbonyl (C=O) groups excluding carboxylic acids is 1. The van der Waals surface area contributed by atoms with Crippen LogP contribution in [-0.4, -0.2) is 19.8 Å². The van der Waals surface area contributed by atoms with E-state index in [1.807, 2.05) is 55.5 Å². The number of carbonyl (C=O) groups is 1. The fourth-order valence-corrected chi connectivity index (χ4v) is 3.93. The monoisotopic (exact) mass is 404 g/mol. The molecule has 7 heteroatoms. The van der Waals surface area contributed by atoms with E-state index in [1.165, 1.54) is 16.5 Å². The van der Waals surface area contributed by atoms with Crippen molar-refractivity contribution in [1.29, 1.82) is 0 Å². The van der Waals surface area contributed by atoms with E-state index in [0.717, 1.165) is 29.1 Å². The third-order valence-electron chi connectivity index (χ3n) is 4.70. The lowest BCUT2D eigenvalue weighted by atomic mass is 10.1. The Labute approximate surface area is 172 Å². The van der Waals surface area contributed by atoms with E-state index in [-0.39, 0.29) is 18.0 Å². The van der Waals surface area contributed by atoms with Gasteiger partial charge in [0.05, 0.1) is 6.33 Å². The Kier molecular flexibility index (Phi) is 5.22. The number of nitrogens with zero attached hydrogens (tertiary/aromatic N) is 3. The molecule has 1 amide bonds. The molecule has 4 aromatic rings. The van der Waals surface area contributed by atoms with Gasteiger partial charge < -0.3 is 5.32 Å². The van der Waals surface area contributed by atoms with Crippen LogP contribution in [0.2, 0.25) is 0 Å². The molecule has 2 aromatic heterocycles. The maximum absolute atomic E-state index is 12.8. The lowest BCUT2D eigenvalue weighted by Crippen LogP contribution is -2.27. The van der Waals surface area contributed by atoms with Crippen LogP contribution >= 0.6 is 11.5 Å². The Morgan fingerprint density at radius 1 is 1.17 bits per heavy atom. The Bertz CT molecular complexity index is 1240. The molecule has 0 atom stereocenters. The van der Waals surface area contributed by atoms with Crippen molar-refractivity contribution < 1.29 is 4.79 Å². The number of hydrogen-bond acceptors (Lipinski definition) is 5. The molecule has 0 radical (unpaired) electrons. The topological polar surface area (TPSA) is 76.9 Å². The number of aromatic nitrogens is 3. The molecule has 29 heavy (non-hydrogen) atoms. The first kappa shape index (κ1) is 19.0. The van der Waals surface area contributed by atoms with Crippen molar-refractivity contribution in [3.63, 3.8) is 0 Å². The Hall–Kier alpha value is -3.32. The van der Waals surface area contributed by atoms with Gasteiger partial charge in [0.15, 0.2) is 0 Å². The van der Waals surface area contributed by atoms with Gasteiger partial charge in [-0.3, -0.25) is 14.2 Å². The van der Waals surface area contributed by atoms with Crippen molar-refractivity contribution in [1.82, 2.24) is 13.9 Å². The largest absolute Gasteiger partial charge is 0.325 e. The Morgan fingerprint density at radius 2 is 1.97 bits per heavy atom. The van der Waals surface area contributed by atoms with Crippen molar-refractivity contribution >= 4 is 33.3 Å². The van der Waals surface area contributed by atoms with E-state index in [9.17, 15) is 9.59 Å². The van der Waals surface area contributed by atoms with Gasteiger partial charge in [-0.2, -0.15) is 4.37 Å². The standard InChI is InChI=1S/C22H20N4O2S/c1-3-15-7-9-17(10-8-15)24-18(27)12-26-13-23-20-19(25-29-21(20)22(26)28)16-6-4-5-14(2)11-16/h4-11,13H,3,12H2,1-2H3,(H,24,27). The van der Waals surface area contributed by atoms with Crippen molar-refractivity contribution in [3.05, 3.63) is 76.3 Å². The van der Waals surface area contributed by atoms with Crippen LogP contribution in [0.4, 0.5) is 5.69 Å². The normalized spacial score (nSPS) is 11.0. The number of benzene rings is 2. The average Bonchev–Trinajstić information content (AvgIpc) is 3.15. The van der Waals surface area contributed by atoms with Gasteiger partial charge in [0.25, 0.3) is 5.56 Å². The average molecular weight is 404 g/mol. The maximum Gasteiger partial charge on any atom is 0.273 e. The van der Waals surface area contributed by atoms with Gasteiger partial charge in [0, 0.05) is 11.3 Å². The van der Waals surface area contributed by atoms with Crippen molar-refractivity contribution in [2.45, 2.75) is 26.8 Å². The summed E-state index contributed by atoms with van der Waals surface area (Å²) < 4.78 is 6.20. The van der Waals surface area contributed by atoms with Crippen LogP contribution in [0, 0.1) is 6.92 Å². The van der Waals surface area contributed by atoms with E-state index in [2.05, 4.69) is 21.6 Å². The second kappa shape index (κ2) is 7.97. The van der Waals surface area contributed by atoms with Gasteiger partial charge in [-0.15, -0.1) is 0 Å². The van der Waals surface area contributed by atoms with Crippen LogP contribution in [0.15, 0.2) is 59.7 Å². The smallest absolute Gasteiger partial charge is 0.273 e. The highest BCUT2D eigenvalue weighted by Gasteiger charge is 2.15. The number of hydrogen-bond donors (Lipinski definition) is 1. The third kappa shape index (κ3) is 3.95. The van der Waals surface area contributed by atoms with Crippen LogP contribution < -0.4 is 10.9 Å². The minimum absolute atomic E-state index is 0.102. The zero-order valence-electron chi connectivity index (χ0n) is 16.2. The van der Waals surface area contributed by atoms with Crippen LogP contribution in [0.25, 0.3) is 21.5 Å². The molecule has 0 aliphatic carbocycles. The Morgan fingerprint density at radius 3 is 2.69 bits per heavy atom. The molecule has 0 fully saturated rings. The van der Waals surface area contributed by atoms with Crippen molar-refractivity contribution in [2.75, 3.05) is 5.32 Å². The lowest BCUT2D eigenvalue weighted by Gasteiger charge is -2.08. The molecule has 0 bridgehead atoms. The van der Waals surface area contributed by atoms with E-state index in [4.69, 9.17) is 0 Å². The van der Waals surface area contributed by atoms with Crippen molar-refractivity contribution in [2.24, 2.45) is 0 Å². The van der Waals surface area contributed by atoms with Gasteiger partial charge in [0.1, 0.15) is 22.5 Å². The molecule has 0 spiro atoms. The molecule has 1 N–H and O–H groups in total. The van der Waals surface area contributed by atoms with Gasteiger partial charge in [-0.1, -0.05) is 42.8 Å². The minimum Gasteiger partial charge on any atom is -0.325 e. The van der Waals surface area contributed by atoms with Gasteiger partial charge in [-0.05, 0) is 48.6 Å². The third-order valence-corrected chi connectivity index (χ3v) is 5.52. The zero-order valence-corrected chi connectivity index (χ0v) is 17.0. The molecule has 0 saturated carbocycles. The molecular formula is C22H20N4O2S. The van der Waals surface area contributed by atoms with Gasteiger partial charge in [-0.25, -0.2) is 4.98 Å². The predicted molar refractivity (Wildman–Crippen MR) is 116 cm³/mol. The van der Waals surface area contributed by atoms with Crippen LogP contribution in [0.5, 0.6) is 0 Å². The van der Waals surface area contributed by atoms with Gasteiger partial charge in [0.2, 0.25) is 5.91 Å². The van der Waals surface area contributed by atoms with E-state index in [0.29, 0.717) is 21.6 Å². The molecule has 0 aliphatic heterocycles. The molecule has 4 rings (SSSR count). The summed E-state index contributed by atoms with van der Waals surface area (Å²) in [6.07, 6.45) is 2.35. The summed E-state index contributed by atoms with van der Waals surface area (Å²) in [5.41, 5.74) is 4.94.